The maximum atomic E-state index is 4.30. The molecule has 0 bridgehead atoms. The highest BCUT2D eigenvalue weighted by Crippen LogP contribution is 2.17. The Balaban J connectivity index is 2.19. The van der Waals surface area contributed by atoms with E-state index in [1.54, 1.807) is 18.5 Å². The molecule has 3 rings (SSSR count). The van der Waals surface area contributed by atoms with E-state index in [-0.39, 0.29) is 0 Å². The Morgan fingerprint density at radius 2 is 1.94 bits per heavy atom. The molecule has 0 aliphatic rings. The summed E-state index contributed by atoms with van der Waals surface area (Å²) in [4.78, 5) is 12.7. The molecule has 78 valence electrons. The second kappa shape index (κ2) is 3.82. The Bertz CT molecular complexity index is 633. The van der Waals surface area contributed by atoms with Crippen molar-refractivity contribution in [2.45, 2.75) is 0 Å². The lowest BCUT2D eigenvalue weighted by molar-refractivity contribution is 1.13. The molecule has 0 aliphatic carbocycles. The number of nitrogens with zero attached hydrogens (tertiary/aromatic N) is 4. The molecule has 4 nitrogen and oxygen atoms in total. The lowest BCUT2D eigenvalue weighted by Gasteiger charge is -2.00. The van der Waals surface area contributed by atoms with Crippen molar-refractivity contribution in [3.8, 4) is 11.4 Å². The summed E-state index contributed by atoms with van der Waals surface area (Å²) in [6, 6.07) is 5.78. The molecule has 0 aromatic carbocycles. The predicted octanol–water partition coefficient (Wildman–Crippen LogP) is 2.40. The van der Waals surface area contributed by atoms with Crippen molar-refractivity contribution < 1.29 is 0 Å². The zero-order valence-electron chi connectivity index (χ0n) is 8.21. The van der Waals surface area contributed by atoms with Crippen molar-refractivity contribution in [2.75, 3.05) is 0 Å². The maximum absolute atomic E-state index is 4.30. The molecule has 3 aromatic heterocycles. The summed E-state index contributed by atoms with van der Waals surface area (Å²) in [5, 5.41) is 0. The Hall–Kier alpha value is -1.50. The van der Waals surface area contributed by atoms with Gasteiger partial charge in [0, 0.05) is 24.2 Å². The van der Waals surface area contributed by atoms with E-state index in [0.717, 1.165) is 20.7 Å². The van der Waals surface area contributed by atoms with Gasteiger partial charge in [-0.25, -0.2) is 15.0 Å². The maximum Gasteiger partial charge on any atom is 0.159 e. The van der Waals surface area contributed by atoms with Crippen LogP contribution in [0.4, 0.5) is 0 Å². The number of hydrogen-bond donors (Lipinski definition) is 0. The molecule has 0 saturated carbocycles. The van der Waals surface area contributed by atoms with Gasteiger partial charge in [-0.1, -0.05) is 0 Å². The fourth-order valence-electron chi connectivity index (χ4n) is 1.54. The lowest BCUT2D eigenvalue weighted by atomic mass is 10.2. The van der Waals surface area contributed by atoms with E-state index in [1.165, 1.54) is 0 Å². The molecule has 0 amide bonds. The average molecular weight is 322 g/mol. The largest absolute Gasteiger partial charge is 0.295 e. The highest BCUT2D eigenvalue weighted by molar-refractivity contribution is 14.1. The molecule has 0 unspecified atom stereocenters. The molecule has 0 fully saturated rings. The first-order valence-electron chi connectivity index (χ1n) is 4.74. The van der Waals surface area contributed by atoms with Crippen LogP contribution in [0.15, 0.2) is 43.0 Å². The van der Waals surface area contributed by atoms with Crippen molar-refractivity contribution in [2.24, 2.45) is 0 Å². The lowest BCUT2D eigenvalue weighted by Crippen LogP contribution is -1.90. The van der Waals surface area contributed by atoms with Crippen molar-refractivity contribution in [1.82, 2.24) is 19.4 Å². The van der Waals surface area contributed by atoms with Crippen LogP contribution in [0.25, 0.3) is 17.0 Å². The third-order valence-corrected chi connectivity index (χ3v) is 3.09. The van der Waals surface area contributed by atoms with Gasteiger partial charge in [-0.05, 0) is 40.8 Å². The van der Waals surface area contributed by atoms with Gasteiger partial charge in [-0.2, -0.15) is 0 Å². The van der Waals surface area contributed by atoms with Crippen molar-refractivity contribution >= 4 is 28.2 Å². The Labute approximate surface area is 106 Å². The monoisotopic (exact) mass is 322 g/mol. The molecule has 16 heavy (non-hydrogen) atoms. The van der Waals surface area contributed by atoms with Gasteiger partial charge in [0.2, 0.25) is 0 Å². The minimum Gasteiger partial charge on any atom is -0.295 e. The fourth-order valence-corrected chi connectivity index (χ4v) is 2.08. The summed E-state index contributed by atoms with van der Waals surface area (Å²) in [7, 11) is 0. The molecule has 0 saturated heterocycles. The number of halogens is 1. The van der Waals surface area contributed by atoms with Crippen LogP contribution in [-0.4, -0.2) is 19.4 Å². The van der Waals surface area contributed by atoms with Gasteiger partial charge in [0.15, 0.2) is 5.82 Å². The molecule has 5 heteroatoms. The van der Waals surface area contributed by atoms with E-state index >= 15 is 0 Å². The number of imidazole rings is 1. The quantitative estimate of drug-likeness (QED) is 0.646. The summed E-state index contributed by atoms with van der Waals surface area (Å²) in [5.41, 5.74) is 1.89. The van der Waals surface area contributed by atoms with E-state index < -0.39 is 0 Å². The average Bonchev–Trinajstić information content (AvgIpc) is 2.72. The summed E-state index contributed by atoms with van der Waals surface area (Å²) in [6.45, 7) is 0. The van der Waals surface area contributed by atoms with Gasteiger partial charge >= 0.3 is 0 Å². The van der Waals surface area contributed by atoms with Crippen LogP contribution in [0.3, 0.4) is 0 Å². The van der Waals surface area contributed by atoms with E-state index in [4.69, 9.17) is 0 Å². The number of aromatic nitrogens is 4. The van der Waals surface area contributed by atoms with Crippen LogP contribution >= 0.6 is 22.6 Å². The van der Waals surface area contributed by atoms with Crippen LogP contribution in [-0.2, 0) is 0 Å². The Morgan fingerprint density at radius 3 is 2.75 bits per heavy atom. The topological polar surface area (TPSA) is 43.1 Å². The minimum atomic E-state index is 0.725. The molecule has 0 spiro atoms. The SMILES string of the molecule is Ic1cnc2cc(-c3ncccn3)ccn12. The summed E-state index contributed by atoms with van der Waals surface area (Å²) < 4.78 is 3.11. The zero-order chi connectivity index (χ0) is 11.0. The van der Waals surface area contributed by atoms with Crippen molar-refractivity contribution in [3.05, 3.63) is 46.7 Å². The highest BCUT2D eigenvalue weighted by atomic mass is 127. The van der Waals surface area contributed by atoms with Crippen LogP contribution < -0.4 is 0 Å². The zero-order valence-corrected chi connectivity index (χ0v) is 10.4. The summed E-state index contributed by atoms with van der Waals surface area (Å²) in [5.74, 6) is 0.725. The van der Waals surface area contributed by atoms with Crippen LogP contribution in [0.1, 0.15) is 0 Å². The number of hydrogen-bond acceptors (Lipinski definition) is 3. The number of fused-ring (bicyclic) bond motifs is 1. The standard InChI is InChI=1S/C11H7IN4/c12-9-7-15-10-6-8(2-5-16(9)10)11-13-3-1-4-14-11/h1-7H. The number of rotatable bonds is 1. The first-order valence-corrected chi connectivity index (χ1v) is 5.82. The Kier molecular flexibility index (Phi) is 2.32. The summed E-state index contributed by atoms with van der Waals surface area (Å²) >= 11 is 2.25. The molecule has 0 N–H and O–H groups in total. The van der Waals surface area contributed by atoms with Crippen molar-refractivity contribution in [3.63, 3.8) is 0 Å². The van der Waals surface area contributed by atoms with Crippen LogP contribution in [0.5, 0.6) is 0 Å². The van der Waals surface area contributed by atoms with Crippen LogP contribution in [0, 0.1) is 3.70 Å². The Morgan fingerprint density at radius 1 is 1.12 bits per heavy atom. The smallest absolute Gasteiger partial charge is 0.159 e. The van der Waals surface area contributed by atoms with Gasteiger partial charge in [0.05, 0.1) is 6.20 Å². The first-order chi connectivity index (χ1) is 7.84. The third-order valence-electron chi connectivity index (χ3n) is 2.29. The molecular formula is C11H7IN4. The minimum absolute atomic E-state index is 0.725. The third kappa shape index (κ3) is 1.57. The van der Waals surface area contributed by atoms with Crippen molar-refractivity contribution in [1.29, 1.82) is 0 Å². The summed E-state index contributed by atoms with van der Waals surface area (Å²) in [6.07, 6.45) is 7.30. The van der Waals surface area contributed by atoms with E-state index in [9.17, 15) is 0 Å². The van der Waals surface area contributed by atoms with E-state index in [1.807, 2.05) is 28.9 Å². The second-order valence-corrected chi connectivity index (χ2v) is 4.40. The molecular weight excluding hydrogens is 315 g/mol. The van der Waals surface area contributed by atoms with Gasteiger partial charge in [-0.3, -0.25) is 4.40 Å². The van der Waals surface area contributed by atoms with Gasteiger partial charge < -0.3 is 0 Å². The molecule has 0 radical (unpaired) electrons. The molecule has 3 heterocycles. The van der Waals surface area contributed by atoms with Gasteiger partial charge in [0.1, 0.15) is 9.35 Å². The normalized spacial score (nSPS) is 10.8. The second-order valence-electron chi connectivity index (χ2n) is 3.30. The van der Waals surface area contributed by atoms with Gasteiger partial charge in [0.25, 0.3) is 0 Å². The molecule has 0 atom stereocenters. The molecule has 0 aliphatic heterocycles. The first kappa shape index (κ1) is 9.71. The van der Waals surface area contributed by atoms with E-state index in [2.05, 4.69) is 37.5 Å². The van der Waals surface area contributed by atoms with Gasteiger partial charge in [-0.15, -0.1) is 0 Å². The number of pyridine rings is 1. The predicted molar refractivity (Wildman–Crippen MR) is 68.9 cm³/mol. The molecule has 3 aromatic rings. The fraction of sp³-hybridized carbons (Fsp3) is 0. The van der Waals surface area contributed by atoms with E-state index in [0.29, 0.717) is 0 Å². The van der Waals surface area contributed by atoms with Crippen LogP contribution in [0.2, 0.25) is 0 Å². The highest BCUT2D eigenvalue weighted by Gasteiger charge is 2.04.